The monoisotopic (exact) mass is 497 g/mol. The van der Waals surface area contributed by atoms with Crippen LogP contribution in [-0.2, 0) is 20.9 Å². The van der Waals surface area contributed by atoms with Crippen molar-refractivity contribution >= 4 is 12.0 Å². The maximum Gasteiger partial charge on any atom is -1.00 e. The minimum Gasteiger partial charge on any atom is -1.00 e. The van der Waals surface area contributed by atoms with E-state index in [1.54, 1.807) is 27.9 Å². The van der Waals surface area contributed by atoms with Crippen LogP contribution in [0.4, 0.5) is 0 Å². The number of halogens is 2. The molecule has 0 radical (unpaired) electrons. The fourth-order valence-corrected chi connectivity index (χ4v) is 28.0. The summed E-state index contributed by atoms with van der Waals surface area (Å²) >= 11 is -1.78. The van der Waals surface area contributed by atoms with Crippen molar-refractivity contribution in [3.63, 3.8) is 0 Å². The Morgan fingerprint density at radius 2 is 1.56 bits per heavy atom. The molecule has 0 saturated heterocycles. The van der Waals surface area contributed by atoms with Crippen LogP contribution in [0.2, 0.25) is 13.1 Å². The summed E-state index contributed by atoms with van der Waals surface area (Å²) < 4.78 is 2.74. The van der Waals surface area contributed by atoms with Gasteiger partial charge in [0.25, 0.3) is 0 Å². The number of allylic oxidation sites excluding steroid dienone is 5. The fraction of sp³-hybridized carbons (Fsp3) is 0.478. The van der Waals surface area contributed by atoms with Gasteiger partial charge in [0, 0.05) is 0 Å². The SMILES string of the molecule is CC1=C(C)C(C)[C]([Zr+2]([CH]2C(C(C)C)=Cc3ccccc32)[SiH](C)C)=C1C.[Cl-].[Cl-]. The zero-order valence-corrected chi connectivity index (χ0v) is 23.1. The van der Waals surface area contributed by atoms with Crippen LogP contribution in [0, 0.1) is 11.8 Å². The van der Waals surface area contributed by atoms with Crippen LogP contribution in [0.1, 0.15) is 56.3 Å². The second-order valence-corrected chi connectivity index (χ2v) is 28.0. The van der Waals surface area contributed by atoms with E-state index < -0.39 is 26.8 Å². The predicted octanol–water partition coefficient (Wildman–Crippen LogP) is 0.650. The molecule has 0 aliphatic heterocycles. The molecule has 27 heavy (non-hydrogen) atoms. The van der Waals surface area contributed by atoms with E-state index in [9.17, 15) is 0 Å². The van der Waals surface area contributed by atoms with Crippen molar-refractivity contribution in [3.05, 3.63) is 61.0 Å². The molecule has 1 aromatic rings. The summed E-state index contributed by atoms with van der Waals surface area (Å²) in [5, 5.41) is 0. The van der Waals surface area contributed by atoms with Crippen LogP contribution >= 0.6 is 0 Å². The maximum atomic E-state index is 2.64. The normalized spacial score (nSPS) is 21.3. The summed E-state index contributed by atoms with van der Waals surface area (Å²) in [5.74, 6) is 0.670. The van der Waals surface area contributed by atoms with Gasteiger partial charge in [-0.1, -0.05) is 0 Å². The first-order valence-electron chi connectivity index (χ1n) is 9.81. The number of hydrogen-bond donors (Lipinski definition) is 0. The van der Waals surface area contributed by atoms with Crippen LogP contribution in [-0.4, -0.2) is 5.92 Å². The van der Waals surface area contributed by atoms with Gasteiger partial charge >= 0.3 is 164 Å². The Morgan fingerprint density at radius 1 is 0.963 bits per heavy atom. The Kier molecular flexibility index (Phi) is 9.08. The van der Waals surface area contributed by atoms with Crippen LogP contribution < -0.4 is 24.8 Å². The Hall–Kier alpha value is 0.120. The second kappa shape index (κ2) is 9.75. The molecule has 0 N–H and O–H groups in total. The number of hydrogen-bond acceptors (Lipinski definition) is 0. The molecule has 0 heterocycles. The largest absolute Gasteiger partial charge is 1.00 e. The van der Waals surface area contributed by atoms with Gasteiger partial charge in [0.1, 0.15) is 0 Å². The Labute approximate surface area is 187 Å². The molecule has 1 aromatic carbocycles. The standard InChI is InChI=1S/C12H13.C9H13.C2H7Si.2ClH.Zr/c1-9(2)12-7-10-5-3-4-6-11(10)8-12;1-6-5-7(2)9(4)8(6)3;1-3-2;;;/h3-9H,1-2H3;6H,1-4H3;3H,1-2H3;2*1H;/q;;;;;+2/p-2. The van der Waals surface area contributed by atoms with Gasteiger partial charge in [-0.3, -0.25) is 0 Å². The van der Waals surface area contributed by atoms with Gasteiger partial charge < -0.3 is 24.8 Å². The molecule has 4 heteroatoms. The van der Waals surface area contributed by atoms with Gasteiger partial charge in [-0.05, 0) is 0 Å². The van der Waals surface area contributed by atoms with Crippen molar-refractivity contribution in [2.75, 3.05) is 0 Å². The summed E-state index contributed by atoms with van der Waals surface area (Å²) in [5.41, 5.74) is 9.82. The van der Waals surface area contributed by atoms with Crippen LogP contribution in [0.25, 0.3) is 6.08 Å². The van der Waals surface area contributed by atoms with E-state index in [0.717, 1.165) is 3.63 Å². The van der Waals surface area contributed by atoms with Gasteiger partial charge in [0.15, 0.2) is 0 Å². The third kappa shape index (κ3) is 4.35. The smallest absolute Gasteiger partial charge is 1.00 e. The van der Waals surface area contributed by atoms with Gasteiger partial charge in [0.2, 0.25) is 0 Å². The van der Waals surface area contributed by atoms with E-state index in [1.807, 2.05) is 3.28 Å². The third-order valence-electron chi connectivity index (χ3n) is 6.51. The quantitative estimate of drug-likeness (QED) is 0.534. The van der Waals surface area contributed by atoms with Crippen molar-refractivity contribution in [1.29, 1.82) is 0 Å². The van der Waals surface area contributed by atoms with Crippen molar-refractivity contribution in [3.8, 4) is 0 Å². The van der Waals surface area contributed by atoms with Gasteiger partial charge in [-0.25, -0.2) is 0 Å². The first-order chi connectivity index (χ1) is 11.8. The summed E-state index contributed by atoms with van der Waals surface area (Å²) in [7, 11) is 0. The topological polar surface area (TPSA) is 0 Å². The van der Waals surface area contributed by atoms with Gasteiger partial charge in [0.05, 0.1) is 0 Å². The summed E-state index contributed by atoms with van der Waals surface area (Å²) in [6, 6.07) is 9.25. The number of rotatable bonds is 4. The Morgan fingerprint density at radius 3 is 2.04 bits per heavy atom. The van der Waals surface area contributed by atoms with Crippen molar-refractivity contribution in [2.24, 2.45) is 11.8 Å². The third-order valence-corrected chi connectivity index (χ3v) is 27.4. The van der Waals surface area contributed by atoms with Crippen LogP contribution in [0.5, 0.6) is 0 Å². The minimum atomic E-state index is -1.78. The Balaban J connectivity index is 0.00000182. The molecule has 0 bridgehead atoms. The molecule has 2 atom stereocenters. The van der Waals surface area contributed by atoms with Crippen molar-refractivity contribution < 1.29 is 45.7 Å². The zero-order chi connectivity index (χ0) is 18.5. The first kappa shape index (κ1) is 25.2. The second-order valence-electron chi connectivity index (χ2n) is 8.54. The molecule has 0 nitrogen and oxygen atoms in total. The molecule has 0 amide bonds. The van der Waals surface area contributed by atoms with Crippen molar-refractivity contribution in [1.82, 2.24) is 0 Å². The van der Waals surface area contributed by atoms with E-state index >= 15 is 0 Å². The maximum absolute atomic E-state index is 2.64. The summed E-state index contributed by atoms with van der Waals surface area (Å²) in [4.78, 5) is 0. The minimum absolute atomic E-state index is 0. The molecule has 0 fully saturated rings. The predicted molar refractivity (Wildman–Crippen MR) is 111 cm³/mol. The molecule has 0 saturated carbocycles. The molecule has 147 valence electrons. The summed E-state index contributed by atoms with van der Waals surface area (Å²) in [6.07, 6.45) is 2.55. The average molecular weight is 500 g/mol. The van der Waals surface area contributed by atoms with Crippen LogP contribution in [0.3, 0.4) is 0 Å². The van der Waals surface area contributed by atoms with E-state index in [-0.39, 0.29) is 24.8 Å². The molecule has 2 unspecified atom stereocenters. The molecule has 0 aromatic heterocycles. The van der Waals surface area contributed by atoms with Gasteiger partial charge in [-0.2, -0.15) is 0 Å². The number of benzene rings is 1. The first-order valence-corrected chi connectivity index (χ1v) is 19.6. The molecular formula is C23H33Cl2SiZr. The Bertz CT molecular complexity index is 789. The molecular weight excluding hydrogens is 466 g/mol. The average Bonchev–Trinajstić information content (AvgIpc) is 3.03. The van der Waals surface area contributed by atoms with Crippen LogP contribution in [0.15, 0.2) is 49.8 Å². The number of fused-ring (bicyclic) bond motifs is 1. The van der Waals surface area contributed by atoms with Gasteiger partial charge in [-0.15, -0.1) is 0 Å². The van der Waals surface area contributed by atoms with E-state index in [4.69, 9.17) is 0 Å². The van der Waals surface area contributed by atoms with E-state index in [0.29, 0.717) is 11.8 Å². The van der Waals surface area contributed by atoms with E-state index in [2.05, 4.69) is 85.0 Å². The molecule has 3 rings (SSSR count). The molecule has 2 aliphatic carbocycles. The zero-order valence-electron chi connectivity index (χ0n) is 18.0. The molecule has 2 aliphatic rings. The fourth-order valence-electron chi connectivity index (χ4n) is 4.82. The molecule has 0 spiro atoms. The van der Waals surface area contributed by atoms with Crippen molar-refractivity contribution in [2.45, 2.75) is 58.3 Å². The van der Waals surface area contributed by atoms with E-state index in [1.165, 1.54) is 5.56 Å². The summed E-state index contributed by atoms with van der Waals surface area (Å²) in [6.45, 7) is 19.7.